The SMILES string of the molecule is CCNC(=O)C1CCCN(S(=O)(=O)c2cc(OC)ccc2OC)C1. The lowest BCUT2D eigenvalue weighted by Crippen LogP contribution is -2.45. The molecule has 7 nitrogen and oxygen atoms in total. The van der Waals surface area contributed by atoms with Gasteiger partial charge in [0.15, 0.2) is 0 Å². The minimum Gasteiger partial charge on any atom is -0.497 e. The van der Waals surface area contributed by atoms with Gasteiger partial charge in [-0.3, -0.25) is 4.79 Å². The average molecular weight is 356 g/mol. The monoisotopic (exact) mass is 356 g/mol. The van der Waals surface area contributed by atoms with Gasteiger partial charge in [-0.05, 0) is 31.9 Å². The molecule has 1 fully saturated rings. The minimum absolute atomic E-state index is 0.0564. The molecule has 1 N–H and O–H groups in total. The van der Waals surface area contributed by atoms with Gasteiger partial charge in [0, 0.05) is 25.7 Å². The van der Waals surface area contributed by atoms with Crippen molar-refractivity contribution in [2.45, 2.75) is 24.7 Å². The molecule has 1 aromatic rings. The number of carbonyl (C=O) groups excluding carboxylic acids is 1. The van der Waals surface area contributed by atoms with Gasteiger partial charge in [-0.2, -0.15) is 4.31 Å². The Morgan fingerprint density at radius 1 is 1.33 bits per heavy atom. The van der Waals surface area contributed by atoms with Gasteiger partial charge in [0.05, 0.1) is 20.1 Å². The van der Waals surface area contributed by atoms with Crippen LogP contribution >= 0.6 is 0 Å². The molecule has 1 saturated heterocycles. The zero-order valence-corrected chi connectivity index (χ0v) is 15.1. The molecule has 0 aliphatic carbocycles. The minimum atomic E-state index is -3.77. The van der Waals surface area contributed by atoms with Crippen molar-refractivity contribution in [3.05, 3.63) is 18.2 Å². The number of ether oxygens (including phenoxy) is 2. The van der Waals surface area contributed by atoms with E-state index in [1.807, 2.05) is 6.92 Å². The second-order valence-corrected chi connectivity index (χ2v) is 7.52. The summed E-state index contributed by atoms with van der Waals surface area (Å²) in [5.74, 6) is 0.266. The van der Waals surface area contributed by atoms with Crippen LogP contribution in [0.1, 0.15) is 19.8 Å². The van der Waals surface area contributed by atoms with Gasteiger partial charge in [0.25, 0.3) is 0 Å². The molecule has 134 valence electrons. The number of benzene rings is 1. The molecular formula is C16H24N2O5S. The molecule has 0 radical (unpaired) electrons. The Morgan fingerprint density at radius 2 is 2.08 bits per heavy atom. The second-order valence-electron chi connectivity index (χ2n) is 5.61. The predicted octanol–water partition coefficient (Wildman–Crippen LogP) is 1.24. The number of hydrogen-bond acceptors (Lipinski definition) is 5. The van der Waals surface area contributed by atoms with E-state index in [9.17, 15) is 13.2 Å². The van der Waals surface area contributed by atoms with E-state index < -0.39 is 10.0 Å². The molecule has 0 aromatic heterocycles. The third-order valence-electron chi connectivity index (χ3n) is 4.09. The average Bonchev–Trinajstić information content (AvgIpc) is 2.61. The molecular weight excluding hydrogens is 332 g/mol. The molecule has 2 rings (SSSR count). The summed E-state index contributed by atoms with van der Waals surface area (Å²) in [6, 6.07) is 4.66. The van der Waals surface area contributed by atoms with E-state index in [4.69, 9.17) is 9.47 Å². The highest BCUT2D eigenvalue weighted by atomic mass is 32.2. The highest BCUT2D eigenvalue weighted by Crippen LogP contribution is 2.32. The maximum absolute atomic E-state index is 13.0. The van der Waals surface area contributed by atoms with Crippen LogP contribution in [-0.2, 0) is 14.8 Å². The molecule has 1 aliphatic heterocycles. The third kappa shape index (κ3) is 3.81. The van der Waals surface area contributed by atoms with E-state index in [0.717, 1.165) is 0 Å². The van der Waals surface area contributed by atoms with E-state index in [0.29, 0.717) is 31.7 Å². The Bertz CT molecular complexity index is 690. The molecule has 1 aliphatic rings. The van der Waals surface area contributed by atoms with Crippen molar-refractivity contribution in [3.63, 3.8) is 0 Å². The van der Waals surface area contributed by atoms with Crippen LogP contribution in [0.15, 0.2) is 23.1 Å². The molecule has 24 heavy (non-hydrogen) atoms. The number of hydrogen-bond donors (Lipinski definition) is 1. The van der Waals surface area contributed by atoms with E-state index in [-0.39, 0.29) is 29.0 Å². The van der Waals surface area contributed by atoms with Crippen LogP contribution in [-0.4, -0.2) is 52.5 Å². The van der Waals surface area contributed by atoms with Crippen LogP contribution in [0.2, 0.25) is 0 Å². The lowest BCUT2D eigenvalue weighted by atomic mass is 9.99. The molecule has 0 bridgehead atoms. The van der Waals surface area contributed by atoms with Crippen LogP contribution in [0, 0.1) is 5.92 Å². The summed E-state index contributed by atoms with van der Waals surface area (Å²) in [6.45, 7) is 2.94. The van der Waals surface area contributed by atoms with Gasteiger partial charge in [-0.15, -0.1) is 0 Å². The highest BCUT2D eigenvalue weighted by molar-refractivity contribution is 7.89. The first-order valence-corrected chi connectivity index (χ1v) is 9.38. The summed E-state index contributed by atoms with van der Waals surface area (Å²) in [7, 11) is -0.869. The Hall–Kier alpha value is -1.80. The molecule has 0 spiro atoms. The molecule has 0 saturated carbocycles. The zero-order chi connectivity index (χ0) is 17.7. The maximum atomic E-state index is 13.0. The van der Waals surface area contributed by atoms with Gasteiger partial charge in [-0.25, -0.2) is 8.42 Å². The van der Waals surface area contributed by atoms with Gasteiger partial charge < -0.3 is 14.8 Å². The lowest BCUT2D eigenvalue weighted by molar-refractivity contribution is -0.125. The Morgan fingerprint density at radius 3 is 2.71 bits per heavy atom. The van der Waals surface area contributed by atoms with Crippen molar-refractivity contribution in [2.75, 3.05) is 33.9 Å². The topological polar surface area (TPSA) is 84.9 Å². The first kappa shape index (κ1) is 18.5. The van der Waals surface area contributed by atoms with Gasteiger partial charge >= 0.3 is 0 Å². The number of piperidine rings is 1. The predicted molar refractivity (Wildman–Crippen MR) is 89.7 cm³/mol. The molecule has 1 atom stereocenters. The van der Waals surface area contributed by atoms with Crippen LogP contribution in [0.5, 0.6) is 11.5 Å². The lowest BCUT2D eigenvalue weighted by Gasteiger charge is -2.31. The van der Waals surface area contributed by atoms with Crippen LogP contribution < -0.4 is 14.8 Å². The quantitative estimate of drug-likeness (QED) is 0.829. The van der Waals surface area contributed by atoms with Crippen molar-refractivity contribution < 1.29 is 22.7 Å². The summed E-state index contributed by atoms with van der Waals surface area (Å²) in [5.41, 5.74) is 0. The molecule has 1 heterocycles. The number of nitrogens with zero attached hydrogens (tertiary/aromatic N) is 1. The van der Waals surface area contributed by atoms with E-state index in [1.165, 1.54) is 24.6 Å². The summed E-state index contributed by atoms with van der Waals surface area (Å²) in [5, 5.41) is 2.76. The molecule has 1 unspecified atom stereocenters. The maximum Gasteiger partial charge on any atom is 0.246 e. The Labute approximate surface area is 143 Å². The van der Waals surface area contributed by atoms with E-state index in [2.05, 4.69) is 5.32 Å². The number of methoxy groups -OCH3 is 2. The van der Waals surface area contributed by atoms with Crippen molar-refractivity contribution in [2.24, 2.45) is 5.92 Å². The summed E-state index contributed by atoms with van der Waals surface area (Å²) < 4.78 is 37.7. The van der Waals surface area contributed by atoms with E-state index in [1.54, 1.807) is 12.1 Å². The van der Waals surface area contributed by atoms with Crippen molar-refractivity contribution in [1.29, 1.82) is 0 Å². The normalized spacial score (nSPS) is 18.9. The number of rotatable bonds is 6. The number of nitrogens with one attached hydrogen (secondary N) is 1. The van der Waals surface area contributed by atoms with Gasteiger partial charge in [0.2, 0.25) is 15.9 Å². The molecule has 1 amide bonds. The molecule has 1 aromatic carbocycles. The standard InChI is InChI=1S/C16H24N2O5S/c1-4-17-16(19)12-6-5-9-18(11-12)24(20,21)15-10-13(22-2)7-8-14(15)23-3/h7-8,10,12H,4-6,9,11H2,1-3H3,(H,17,19). The molecule has 8 heteroatoms. The summed E-state index contributed by atoms with van der Waals surface area (Å²) in [6.07, 6.45) is 1.33. The third-order valence-corrected chi connectivity index (χ3v) is 5.98. The number of carbonyl (C=O) groups is 1. The van der Waals surface area contributed by atoms with Crippen LogP contribution in [0.25, 0.3) is 0 Å². The van der Waals surface area contributed by atoms with E-state index >= 15 is 0 Å². The first-order valence-electron chi connectivity index (χ1n) is 7.94. The largest absolute Gasteiger partial charge is 0.497 e. The fourth-order valence-electron chi connectivity index (χ4n) is 2.82. The summed E-state index contributed by atoms with van der Waals surface area (Å²) in [4.78, 5) is 12.1. The van der Waals surface area contributed by atoms with Crippen molar-refractivity contribution >= 4 is 15.9 Å². The Kier molecular flexibility index (Phi) is 6.06. The van der Waals surface area contributed by atoms with Crippen molar-refractivity contribution in [3.8, 4) is 11.5 Å². The van der Waals surface area contributed by atoms with Gasteiger partial charge in [0.1, 0.15) is 16.4 Å². The van der Waals surface area contributed by atoms with Gasteiger partial charge in [-0.1, -0.05) is 0 Å². The van der Waals surface area contributed by atoms with Crippen molar-refractivity contribution in [1.82, 2.24) is 9.62 Å². The van der Waals surface area contributed by atoms with Crippen LogP contribution in [0.4, 0.5) is 0 Å². The highest BCUT2D eigenvalue weighted by Gasteiger charge is 2.34. The Balaban J connectivity index is 2.31. The smallest absolute Gasteiger partial charge is 0.246 e. The first-order chi connectivity index (χ1) is 11.4. The number of amides is 1. The van der Waals surface area contributed by atoms with Crippen LogP contribution in [0.3, 0.4) is 0 Å². The second kappa shape index (κ2) is 7.85. The zero-order valence-electron chi connectivity index (χ0n) is 14.2. The number of sulfonamides is 1. The fraction of sp³-hybridized carbons (Fsp3) is 0.562. The summed E-state index contributed by atoms with van der Waals surface area (Å²) >= 11 is 0. The fourth-order valence-corrected chi connectivity index (χ4v) is 4.51.